The van der Waals surface area contributed by atoms with Crippen LogP contribution in [0.25, 0.3) is 0 Å². The fourth-order valence-corrected chi connectivity index (χ4v) is 3.02. The van der Waals surface area contributed by atoms with Crippen molar-refractivity contribution in [2.75, 3.05) is 32.7 Å². The van der Waals surface area contributed by atoms with Gasteiger partial charge in [0.05, 0.1) is 6.10 Å². The molecule has 0 radical (unpaired) electrons. The molecule has 0 aromatic rings. The quantitative estimate of drug-likeness (QED) is 0.636. The molecule has 0 aromatic carbocycles. The summed E-state index contributed by atoms with van der Waals surface area (Å²) in [6, 6.07) is 0. The van der Waals surface area contributed by atoms with Crippen molar-refractivity contribution in [1.82, 2.24) is 10.2 Å². The number of hydrogen-bond acceptors (Lipinski definition) is 3. The normalized spacial score (nSPS) is 44.8. The molecule has 2 aliphatic heterocycles. The van der Waals surface area contributed by atoms with E-state index in [4.69, 9.17) is 0 Å². The molecule has 0 aromatic heterocycles. The molecule has 3 unspecified atom stereocenters. The molecule has 0 saturated carbocycles. The Labute approximate surface area is 86.5 Å². The van der Waals surface area contributed by atoms with Crippen LogP contribution >= 0.6 is 0 Å². The third kappa shape index (κ3) is 1.47. The van der Waals surface area contributed by atoms with E-state index < -0.39 is 0 Å². The SMILES string of the molecule is CCN1CCC(O)C2(CNCC2C)C1. The van der Waals surface area contributed by atoms with Crippen LogP contribution in [-0.4, -0.2) is 48.8 Å². The van der Waals surface area contributed by atoms with Gasteiger partial charge >= 0.3 is 0 Å². The summed E-state index contributed by atoms with van der Waals surface area (Å²) in [4.78, 5) is 2.47. The zero-order valence-electron chi connectivity index (χ0n) is 9.29. The standard InChI is InChI=1S/C11H22N2O/c1-3-13-5-4-10(14)11(8-13)7-12-6-9(11)2/h9-10,12,14H,3-8H2,1-2H3. The first-order chi connectivity index (χ1) is 6.69. The van der Waals surface area contributed by atoms with Crippen LogP contribution in [0.4, 0.5) is 0 Å². The molecule has 1 spiro atoms. The molecule has 82 valence electrons. The molecule has 0 aliphatic carbocycles. The van der Waals surface area contributed by atoms with Gasteiger partial charge in [0.15, 0.2) is 0 Å². The summed E-state index contributed by atoms with van der Waals surface area (Å²) in [5.74, 6) is 0.604. The summed E-state index contributed by atoms with van der Waals surface area (Å²) in [7, 11) is 0. The Morgan fingerprint density at radius 2 is 2.36 bits per heavy atom. The van der Waals surface area contributed by atoms with E-state index in [2.05, 4.69) is 24.1 Å². The molecule has 2 aliphatic rings. The lowest BCUT2D eigenvalue weighted by molar-refractivity contribution is -0.0544. The third-order valence-electron chi connectivity index (χ3n) is 4.23. The maximum Gasteiger partial charge on any atom is 0.0636 e. The van der Waals surface area contributed by atoms with Crippen LogP contribution in [0.1, 0.15) is 20.3 Å². The summed E-state index contributed by atoms with van der Waals surface area (Å²) < 4.78 is 0. The smallest absolute Gasteiger partial charge is 0.0636 e. The highest BCUT2D eigenvalue weighted by Crippen LogP contribution is 2.39. The number of likely N-dealkylation sites (tertiary alicyclic amines) is 1. The van der Waals surface area contributed by atoms with Gasteiger partial charge in [0, 0.05) is 25.0 Å². The molecule has 2 saturated heterocycles. The highest BCUT2D eigenvalue weighted by molar-refractivity contribution is 5.02. The predicted octanol–water partition coefficient (Wildman–Crippen LogP) is 0.299. The molecule has 0 bridgehead atoms. The van der Waals surface area contributed by atoms with E-state index in [0.29, 0.717) is 5.92 Å². The van der Waals surface area contributed by atoms with Gasteiger partial charge in [-0.1, -0.05) is 13.8 Å². The Bertz CT molecular complexity index is 209. The molecule has 2 rings (SSSR count). The lowest BCUT2D eigenvalue weighted by atomic mass is 9.71. The van der Waals surface area contributed by atoms with E-state index >= 15 is 0 Å². The average molecular weight is 198 g/mol. The minimum Gasteiger partial charge on any atom is -0.392 e. The summed E-state index contributed by atoms with van der Waals surface area (Å²) in [5.41, 5.74) is 0.133. The number of nitrogens with zero attached hydrogens (tertiary/aromatic N) is 1. The minimum atomic E-state index is -0.102. The lowest BCUT2D eigenvalue weighted by Gasteiger charge is -2.46. The molecule has 2 N–H and O–H groups in total. The molecule has 2 heterocycles. The largest absolute Gasteiger partial charge is 0.392 e. The monoisotopic (exact) mass is 198 g/mol. The van der Waals surface area contributed by atoms with E-state index in [1.54, 1.807) is 0 Å². The van der Waals surface area contributed by atoms with Crippen molar-refractivity contribution >= 4 is 0 Å². The van der Waals surface area contributed by atoms with Crippen molar-refractivity contribution in [1.29, 1.82) is 0 Å². The lowest BCUT2D eigenvalue weighted by Crippen LogP contribution is -2.55. The molecule has 2 fully saturated rings. The van der Waals surface area contributed by atoms with Gasteiger partial charge in [-0.3, -0.25) is 0 Å². The number of aliphatic hydroxyl groups excluding tert-OH is 1. The van der Waals surface area contributed by atoms with Crippen LogP contribution in [0.15, 0.2) is 0 Å². The Balaban J connectivity index is 2.13. The van der Waals surface area contributed by atoms with E-state index in [1.807, 2.05) is 0 Å². The Morgan fingerprint density at radius 1 is 1.57 bits per heavy atom. The highest BCUT2D eigenvalue weighted by atomic mass is 16.3. The predicted molar refractivity (Wildman–Crippen MR) is 57.2 cm³/mol. The van der Waals surface area contributed by atoms with Crippen molar-refractivity contribution < 1.29 is 5.11 Å². The van der Waals surface area contributed by atoms with Gasteiger partial charge in [-0.2, -0.15) is 0 Å². The number of hydrogen-bond donors (Lipinski definition) is 2. The van der Waals surface area contributed by atoms with Crippen LogP contribution in [-0.2, 0) is 0 Å². The van der Waals surface area contributed by atoms with Crippen LogP contribution in [0.3, 0.4) is 0 Å². The number of nitrogens with one attached hydrogen (secondary N) is 1. The van der Waals surface area contributed by atoms with Crippen molar-refractivity contribution in [2.45, 2.75) is 26.4 Å². The number of aliphatic hydroxyl groups is 1. The maximum atomic E-state index is 10.2. The zero-order valence-corrected chi connectivity index (χ0v) is 9.29. The Morgan fingerprint density at radius 3 is 2.93 bits per heavy atom. The highest BCUT2D eigenvalue weighted by Gasteiger charge is 2.48. The van der Waals surface area contributed by atoms with E-state index in [9.17, 15) is 5.11 Å². The van der Waals surface area contributed by atoms with Gasteiger partial charge in [-0.05, 0) is 25.4 Å². The molecule has 14 heavy (non-hydrogen) atoms. The minimum absolute atomic E-state index is 0.102. The van der Waals surface area contributed by atoms with Crippen molar-refractivity contribution in [3.63, 3.8) is 0 Å². The second-order valence-corrected chi connectivity index (χ2v) is 4.94. The molecular weight excluding hydrogens is 176 g/mol. The van der Waals surface area contributed by atoms with Gasteiger partial charge in [0.1, 0.15) is 0 Å². The van der Waals surface area contributed by atoms with E-state index in [-0.39, 0.29) is 11.5 Å². The van der Waals surface area contributed by atoms with Gasteiger partial charge < -0.3 is 15.3 Å². The first kappa shape index (κ1) is 10.4. The summed E-state index contributed by atoms with van der Waals surface area (Å²) in [5, 5.41) is 13.6. The van der Waals surface area contributed by atoms with Gasteiger partial charge in [-0.15, -0.1) is 0 Å². The van der Waals surface area contributed by atoms with Gasteiger partial charge in [0.25, 0.3) is 0 Å². The fraction of sp³-hybridized carbons (Fsp3) is 1.00. The van der Waals surface area contributed by atoms with Crippen molar-refractivity contribution in [2.24, 2.45) is 11.3 Å². The van der Waals surface area contributed by atoms with Crippen LogP contribution < -0.4 is 5.32 Å². The van der Waals surface area contributed by atoms with Crippen LogP contribution in [0.2, 0.25) is 0 Å². The zero-order chi connectivity index (χ0) is 10.2. The Hall–Kier alpha value is -0.120. The summed E-state index contributed by atoms with van der Waals surface area (Å²) in [6.45, 7) is 9.77. The molecule has 3 nitrogen and oxygen atoms in total. The third-order valence-corrected chi connectivity index (χ3v) is 4.23. The van der Waals surface area contributed by atoms with E-state index in [1.165, 1.54) is 0 Å². The van der Waals surface area contributed by atoms with E-state index in [0.717, 1.165) is 39.1 Å². The maximum absolute atomic E-state index is 10.2. The average Bonchev–Trinajstić information content (AvgIpc) is 2.54. The second kappa shape index (κ2) is 3.80. The van der Waals surface area contributed by atoms with Gasteiger partial charge in [0.2, 0.25) is 0 Å². The fourth-order valence-electron chi connectivity index (χ4n) is 3.02. The number of rotatable bonds is 1. The molecular formula is C11H22N2O. The molecule has 0 amide bonds. The van der Waals surface area contributed by atoms with Gasteiger partial charge in [-0.25, -0.2) is 0 Å². The first-order valence-corrected chi connectivity index (χ1v) is 5.80. The van der Waals surface area contributed by atoms with Crippen molar-refractivity contribution in [3.05, 3.63) is 0 Å². The van der Waals surface area contributed by atoms with Crippen molar-refractivity contribution in [3.8, 4) is 0 Å². The first-order valence-electron chi connectivity index (χ1n) is 5.80. The molecule has 3 heteroatoms. The van der Waals surface area contributed by atoms with Crippen LogP contribution in [0.5, 0.6) is 0 Å². The topological polar surface area (TPSA) is 35.5 Å². The second-order valence-electron chi connectivity index (χ2n) is 4.94. The van der Waals surface area contributed by atoms with Crippen LogP contribution in [0, 0.1) is 11.3 Å². The number of piperidine rings is 1. The molecule has 3 atom stereocenters. The Kier molecular flexibility index (Phi) is 2.82. The summed E-state index contributed by atoms with van der Waals surface area (Å²) >= 11 is 0. The summed E-state index contributed by atoms with van der Waals surface area (Å²) in [6.07, 6.45) is 0.843.